The first-order valence-corrected chi connectivity index (χ1v) is 4.82. The summed E-state index contributed by atoms with van der Waals surface area (Å²) in [5, 5.41) is 0. The molecule has 2 aliphatic heterocycles. The summed E-state index contributed by atoms with van der Waals surface area (Å²) in [6.45, 7) is 3.56. The SMILES string of the molecule is CC1(C)OC(=O)C(=C2CCCO2)C(=O)O1. The summed E-state index contributed by atoms with van der Waals surface area (Å²) in [7, 11) is 0. The number of esters is 2. The predicted octanol–water partition coefficient (Wildman–Crippen LogP) is 0.887. The maximum atomic E-state index is 11.5. The molecule has 0 bridgehead atoms. The largest absolute Gasteiger partial charge is 0.497 e. The highest BCUT2D eigenvalue weighted by atomic mass is 16.7. The highest BCUT2D eigenvalue weighted by Gasteiger charge is 2.41. The molecule has 2 aliphatic rings. The van der Waals surface area contributed by atoms with E-state index in [1.54, 1.807) is 0 Å². The highest BCUT2D eigenvalue weighted by Crippen LogP contribution is 2.28. The third-order valence-electron chi connectivity index (χ3n) is 2.19. The summed E-state index contributed by atoms with van der Waals surface area (Å²) in [4.78, 5) is 23.1. The van der Waals surface area contributed by atoms with Gasteiger partial charge in [0.2, 0.25) is 0 Å². The first-order valence-electron chi connectivity index (χ1n) is 4.82. The molecule has 2 saturated heterocycles. The maximum absolute atomic E-state index is 11.5. The fraction of sp³-hybridized carbons (Fsp3) is 0.600. The van der Waals surface area contributed by atoms with Gasteiger partial charge in [0.1, 0.15) is 5.76 Å². The zero-order chi connectivity index (χ0) is 11.1. The van der Waals surface area contributed by atoms with Crippen LogP contribution in [0.2, 0.25) is 0 Å². The van der Waals surface area contributed by atoms with Crippen LogP contribution in [0.25, 0.3) is 0 Å². The Labute approximate surface area is 87.0 Å². The zero-order valence-corrected chi connectivity index (χ0v) is 8.66. The van der Waals surface area contributed by atoms with E-state index in [1.165, 1.54) is 13.8 Å². The van der Waals surface area contributed by atoms with Crippen LogP contribution in [0.5, 0.6) is 0 Å². The third kappa shape index (κ3) is 1.82. The number of hydrogen-bond donors (Lipinski definition) is 0. The quantitative estimate of drug-likeness (QED) is 0.339. The van der Waals surface area contributed by atoms with Crippen molar-refractivity contribution in [3.05, 3.63) is 11.3 Å². The van der Waals surface area contributed by atoms with Gasteiger partial charge in [0.05, 0.1) is 6.61 Å². The Morgan fingerprint density at radius 1 is 1.13 bits per heavy atom. The fourth-order valence-corrected chi connectivity index (χ4v) is 1.58. The van der Waals surface area contributed by atoms with Crippen molar-refractivity contribution >= 4 is 11.9 Å². The van der Waals surface area contributed by atoms with Gasteiger partial charge in [-0.05, 0) is 6.42 Å². The van der Waals surface area contributed by atoms with Crippen LogP contribution in [0.3, 0.4) is 0 Å². The summed E-state index contributed by atoms with van der Waals surface area (Å²) in [5.74, 6) is -2.11. The number of carbonyl (C=O) groups is 2. The molecule has 15 heavy (non-hydrogen) atoms. The monoisotopic (exact) mass is 212 g/mol. The summed E-state index contributed by atoms with van der Waals surface area (Å²) in [5.41, 5.74) is -0.0909. The van der Waals surface area contributed by atoms with Crippen LogP contribution in [-0.4, -0.2) is 24.3 Å². The summed E-state index contributed by atoms with van der Waals surface area (Å²) in [6.07, 6.45) is 1.39. The van der Waals surface area contributed by atoms with E-state index < -0.39 is 17.7 Å². The minimum atomic E-state index is -1.18. The van der Waals surface area contributed by atoms with Gasteiger partial charge in [-0.15, -0.1) is 0 Å². The van der Waals surface area contributed by atoms with Gasteiger partial charge in [-0.25, -0.2) is 9.59 Å². The number of carbonyl (C=O) groups excluding carboxylic acids is 2. The molecule has 0 aromatic carbocycles. The van der Waals surface area contributed by atoms with E-state index in [0.717, 1.165) is 6.42 Å². The van der Waals surface area contributed by atoms with Crippen LogP contribution in [0, 0.1) is 0 Å². The third-order valence-corrected chi connectivity index (χ3v) is 2.19. The van der Waals surface area contributed by atoms with Crippen LogP contribution >= 0.6 is 0 Å². The van der Waals surface area contributed by atoms with Gasteiger partial charge in [-0.1, -0.05) is 0 Å². The Bertz CT molecular complexity index is 323. The Balaban J connectivity index is 2.31. The van der Waals surface area contributed by atoms with Crippen molar-refractivity contribution in [2.45, 2.75) is 32.5 Å². The molecule has 0 N–H and O–H groups in total. The minimum Gasteiger partial charge on any atom is -0.497 e. The van der Waals surface area contributed by atoms with Gasteiger partial charge >= 0.3 is 11.9 Å². The topological polar surface area (TPSA) is 61.8 Å². The standard InChI is InChI=1S/C10H12O5/c1-10(2)14-8(11)7(9(12)15-10)6-4-3-5-13-6/h3-5H2,1-2H3. The first kappa shape index (κ1) is 10.0. The van der Waals surface area contributed by atoms with E-state index in [0.29, 0.717) is 18.8 Å². The summed E-state index contributed by atoms with van der Waals surface area (Å²) >= 11 is 0. The van der Waals surface area contributed by atoms with Crippen molar-refractivity contribution in [2.75, 3.05) is 6.61 Å². The molecular weight excluding hydrogens is 200 g/mol. The van der Waals surface area contributed by atoms with Crippen molar-refractivity contribution < 1.29 is 23.8 Å². The first-order chi connectivity index (χ1) is 6.99. The van der Waals surface area contributed by atoms with E-state index in [4.69, 9.17) is 14.2 Å². The van der Waals surface area contributed by atoms with Crippen molar-refractivity contribution in [1.29, 1.82) is 0 Å². The normalized spacial score (nSPS) is 24.7. The van der Waals surface area contributed by atoms with Gasteiger partial charge in [-0.2, -0.15) is 0 Å². The van der Waals surface area contributed by atoms with Gasteiger partial charge in [0, 0.05) is 20.3 Å². The maximum Gasteiger partial charge on any atom is 0.352 e. The molecule has 0 aromatic heterocycles. The molecule has 2 rings (SSSR count). The summed E-state index contributed by atoms with van der Waals surface area (Å²) < 4.78 is 15.1. The molecule has 5 nitrogen and oxygen atoms in total. The molecule has 0 radical (unpaired) electrons. The Morgan fingerprint density at radius 2 is 1.73 bits per heavy atom. The molecule has 5 heteroatoms. The molecule has 0 amide bonds. The average molecular weight is 212 g/mol. The van der Waals surface area contributed by atoms with Crippen LogP contribution in [0.1, 0.15) is 26.7 Å². The second-order valence-corrected chi connectivity index (χ2v) is 3.93. The van der Waals surface area contributed by atoms with E-state index in [9.17, 15) is 9.59 Å². The Hall–Kier alpha value is -1.52. The van der Waals surface area contributed by atoms with Gasteiger partial charge in [0.15, 0.2) is 5.57 Å². The highest BCUT2D eigenvalue weighted by molar-refractivity contribution is 6.15. The Kier molecular flexibility index (Phi) is 2.17. The lowest BCUT2D eigenvalue weighted by atomic mass is 10.1. The molecule has 0 unspecified atom stereocenters. The average Bonchev–Trinajstić information content (AvgIpc) is 2.52. The van der Waals surface area contributed by atoms with Crippen molar-refractivity contribution in [3.8, 4) is 0 Å². The minimum absolute atomic E-state index is 0.0909. The summed E-state index contributed by atoms with van der Waals surface area (Å²) in [6, 6.07) is 0. The molecule has 0 aliphatic carbocycles. The molecule has 2 heterocycles. The number of rotatable bonds is 0. The van der Waals surface area contributed by atoms with E-state index >= 15 is 0 Å². The van der Waals surface area contributed by atoms with Crippen LogP contribution in [0.4, 0.5) is 0 Å². The predicted molar refractivity (Wildman–Crippen MR) is 48.5 cm³/mol. The van der Waals surface area contributed by atoms with Crippen LogP contribution < -0.4 is 0 Å². The molecule has 0 atom stereocenters. The van der Waals surface area contributed by atoms with E-state index in [1.807, 2.05) is 0 Å². The van der Waals surface area contributed by atoms with Crippen LogP contribution in [0.15, 0.2) is 11.3 Å². The second kappa shape index (κ2) is 3.25. The lowest BCUT2D eigenvalue weighted by Crippen LogP contribution is -2.42. The molecule has 2 fully saturated rings. The van der Waals surface area contributed by atoms with Gasteiger partial charge in [-0.3, -0.25) is 0 Å². The molecule has 82 valence electrons. The molecular formula is C10H12O5. The number of cyclic esters (lactones) is 2. The second-order valence-electron chi connectivity index (χ2n) is 3.93. The fourth-order valence-electron chi connectivity index (χ4n) is 1.58. The van der Waals surface area contributed by atoms with Crippen molar-refractivity contribution in [2.24, 2.45) is 0 Å². The Morgan fingerprint density at radius 3 is 2.20 bits per heavy atom. The van der Waals surface area contributed by atoms with E-state index in [-0.39, 0.29) is 5.57 Å². The molecule has 0 aromatic rings. The number of hydrogen-bond acceptors (Lipinski definition) is 5. The lowest BCUT2D eigenvalue weighted by Gasteiger charge is -2.30. The van der Waals surface area contributed by atoms with Gasteiger partial charge < -0.3 is 14.2 Å². The van der Waals surface area contributed by atoms with Crippen molar-refractivity contribution in [1.82, 2.24) is 0 Å². The zero-order valence-electron chi connectivity index (χ0n) is 8.66. The lowest BCUT2D eigenvalue weighted by molar-refractivity contribution is -0.222. The van der Waals surface area contributed by atoms with E-state index in [2.05, 4.69) is 0 Å². The van der Waals surface area contributed by atoms with Gasteiger partial charge in [0.25, 0.3) is 5.79 Å². The smallest absolute Gasteiger partial charge is 0.352 e. The molecule has 0 spiro atoms. The van der Waals surface area contributed by atoms with Crippen molar-refractivity contribution in [3.63, 3.8) is 0 Å². The number of allylic oxidation sites excluding steroid dienone is 1. The number of ether oxygens (including phenoxy) is 3. The molecule has 0 saturated carbocycles. The van der Waals surface area contributed by atoms with Crippen LogP contribution in [-0.2, 0) is 23.8 Å².